The van der Waals surface area contributed by atoms with Crippen LogP contribution in [0.1, 0.15) is 32.6 Å². The van der Waals surface area contributed by atoms with Gasteiger partial charge in [0.25, 0.3) is 0 Å². The Morgan fingerprint density at radius 1 is 1.12 bits per heavy atom. The molecule has 6 heteroatoms. The molecule has 0 bridgehead atoms. The highest BCUT2D eigenvalue weighted by Gasteiger charge is 2.18. The van der Waals surface area contributed by atoms with Crippen LogP contribution in [0.4, 0.5) is 5.69 Å². The SMILES string of the molecule is [2H]C1CCCN(c2cc(-c3cnn(C)c3)cn3ncc(C#N)c23)CC1. The highest BCUT2D eigenvalue weighted by atomic mass is 15.2. The number of anilines is 1. The molecule has 0 aromatic carbocycles. The second kappa shape index (κ2) is 6.00. The minimum absolute atomic E-state index is 0.00266. The standard InChI is InChI=1S/C18H20N6/c1-22-12-16(11-20-22)14-8-17(23-6-4-2-3-5-7-23)18-15(9-19)10-21-24(18)13-14/h8,10-13H,2-7H2,1H3/i2D. The Balaban J connectivity index is 1.87. The van der Waals surface area contributed by atoms with E-state index in [1.165, 1.54) is 0 Å². The summed E-state index contributed by atoms with van der Waals surface area (Å²) in [6.45, 7) is 1.73. The summed E-state index contributed by atoms with van der Waals surface area (Å²) in [7, 11) is 1.90. The average Bonchev–Trinajstić information content (AvgIpc) is 3.16. The summed E-state index contributed by atoms with van der Waals surface area (Å²) in [5.41, 5.74) is 4.49. The monoisotopic (exact) mass is 321 g/mol. The molecule has 0 spiro atoms. The molecule has 24 heavy (non-hydrogen) atoms. The van der Waals surface area contributed by atoms with E-state index in [-0.39, 0.29) is 6.40 Å². The summed E-state index contributed by atoms with van der Waals surface area (Å²) in [4.78, 5) is 2.30. The molecule has 1 saturated heterocycles. The number of fused-ring (bicyclic) bond motifs is 1. The minimum atomic E-state index is 0.00266. The first-order chi connectivity index (χ1) is 12.2. The zero-order valence-corrected chi connectivity index (χ0v) is 13.7. The van der Waals surface area contributed by atoms with Crippen LogP contribution in [0.5, 0.6) is 0 Å². The summed E-state index contributed by atoms with van der Waals surface area (Å²) >= 11 is 0. The van der Waals surface area contributed by atoms with E-state index in [1.54, 1.807) is 15.4 Å². The number of nitrogens with zero attached hydrogens (tertiary/aromatic N) is 6. The van der Waals surface area contributed by atoms with Gasteiger partial charge in [-0.2, -0.15) is 15.5 Å². The number of rotatable bonds is 2. The third kappa shape index (κ3) is 2.52. The number of pyridine rings is 1. The van der Waals surface area contributed by atoms with Crippen molar-refractivity contribution in [2.24, 2.45) is 7.05 Å². The molecule has 6 nitrogen and oxygen atoms in total. The summed E-state index contributed by atoms with van der Waals surface area (Å²) in [5, 5.41) is 18.1. The van der Waals surface area contributed by atoms with Gasteiger partial charge in [0.15, 0.2) is 0 Å². The third-order valence-electron chi connectivity index (χ3n) is 4.53. The molecular weight excluding hydrogens is 300 g/mol. The second-order valence-electron chi connectivity index (χ2n) is 6.19. The Kier molecular flexibility index (Phi) is 3.41. The minimum Gasteiger partial charge on any atom is -0.370 e. The molecule has 0 amide bonds. The predicted molar refractivity (Wildman–Crippen MR) is 92.8 cm³/mol. The molecule has 122 valence electrons. The molecule has 1 unspecified atom stereocenters. The fourth-order valence-electron chi connectivity index (χ4n) is 3.32. The van der Waals surface area contributed by atoms with Gasteiger partial charge in [-0.25, -0.2) is 4.52 Å². The summed E-state index contributed by atoms with van der Waals surface area (Å²) < 4.78 is 11.6. The molecule has 1 fully saturated rings. The molecule has 4 rings (SSSR count). The van der Waals surface area contributed by atoms with Crippen molar-refractivity contribution in [1.82, 2.24) is 19.4 Å². The Morgan fingerprint density at radius 2 is 2.00 bits per heavy atom. The zero-order valence-electron chi connectivity index (χ0n) is 14.7. The van der Waals surface area contributed by atoms with E-state index in [2.05, 4.69) is 27.2 Å². The molecule has 4 heterocycles. The quantitative estimate of drug-likeness (QED) is 0.728. The zero-order chi connectivity index (χ0) is 17.4. The maximum atomic E-state index is 9.47. The maximum Gasteiger partial charge on any atom is 0.107 e. The first-order valence-electron chi connectivity index (χ1n) is 8.81. The Labute approximate surface area is 142 Å². The van der Waals surface area contributed by atoms with E-state index in [4.69, 9.17) is 1.37 Å². The van der Waals surface area contributed by atoms with Gasteiger partial charge >= 0.3 is 0 Å². The molecule has 3 aromatic rings. The highest BCUT2D eigenvalue weighted by Crippen LogP contribution is 2.32. The number of nitriles is 1. The van der Waals surface area contributed by atoms with Crippen LogP contribution in [0.25, 0.3) is 16.6 Å². The Hall–Kier alpha value is -2.81. The van der Waals surface area contributed by atoms with E-state index in [1.807, 2.05) is 25.6 Å². The molecule has 0 saturated carbocycles. The van der Waals surface area contributed by atoms with Crippen LogP contribution in [0.3, 0.4) is 0 Å². The lowest BCUT2D eigenvalue weighted by molar-refractivity contribution is 0.726. The Bertz CT molecular complexity index is 950. The first-order valence-corrected chi connectivity index (χ1v) is 8.23. The number of aryl methyl sites for hydroxylation is 1. The van der Waals surface area contributed by atoms with Crippen molar-refractivity contribution in [3.63, 3.8) is 0 Å². The molecule has 1 aliphatic rings. The molecule has 3 aromatic heterocycles. The smallest absolute Gasteiger partial charge is 0.107 e. The lowest BCUT2D eigenvalue weighted by atomic mass is 10.1. The number of hydrogen-bond donors (Lipinski definition) is 0. The summed E-state index contributed by atoms with van der Waals surface area (Å²) in [6, 6.07) is 4.38. The van der Waals surface area contributed by atoms with Crippen molar-refractivity contribution in [2.75, 3.05) is 18.0 Å². The van der Waals surface area contributed by atoms with E-state index in [0.29, 0.717) is 5.56 Å². The molecule has 1 aliphatic heterocycles. The lowest BCUT2D eigenvalue weighted by Crippen LogP contribution is -2.24. The number of hydrogen-bond acceptors (Lipinski definition) is 4. The van der Waals surface area contributed by atoms with Crippen molar-refractivity contribution in [3.8, 4) is 17.2 Å². The van der Waals surface area contributed by atoms with Crippen LogP contribution < -0.4 is 4.90 Å². The normalized spacial score (nSPS) is 19.1. The average molecular weight is 321 g/mol. The van der Waals surface area contributed by atoms with Gasteiger partial charge in [-0.15, -0.1) is 0 Å². The van der Waals surface area contributed by atoms with Crippen LogP contribution in [-0.4, -0.2) is 32.5 Å². The maximum absolute atomic E-state index is 9.47. The first kappa shape index (κ1) is 13.6. The summed E-state index contributed by atoms with van der Waals surface area (Å²) in [6.07, 6.45) is 10.2. The van der Waals surface area contributed by atoms with Gasteiger partial charge in [0, 0.05) is 45.0 Å². The van der Waals surface area contributed by atoms with Gasteiger partial charge in [-0.3, -0.25) is 4.68 Å². The van der Waals surface area contributed by atoms with E-state index >= 15 is 0 Å². The van der Waals surface area contributed by atoms with Gasteiger partial charge in [0.2, 0.25) is 0 Å². The third-order valence-corrected chi connectivity index (χ3v) is 4.53. The van der Waals surface area contributed by atoms with Gasteiger partial charge in [-0.1, -0.05) is 12.8 Å². The molecule has 1 atom stereocenters. The largest absolute Gasteiger partial charge is 0.370 e. The molecular formula is C18H20N6. The van der Waals surface area contributed by atoms with Crippen LogP contribution in [-0.2, 0) is 7.05 Å². The Morgan fingerprint density at radius 3 is 2.79 bits per heavy atom. The lowest BCUT2D eigenvalue weighted by Gasteiger charge is -2.24. The number of aromatic nitrogens is 4. The van der Waals surface area contributed by atoms with Gasteiger partial charge in [0.1, 0.15) is 11.6 Å². The van der Waals surface area contributed by atoms with Crippen molar-refractivity contribution >= 4 is 11.2 Å². The van der Waals surface area contributed by atoms with Crippen LogP contribution in [0.2, 0.25) is 0 Å². The molecule has 0 radical (unpaired) electrons. The topological polar surface area (TPSA) is 62.1 Å². The van der Waals surface area contributed by atoms with Crippen molar-refractivity contribution in [1.29, 1.82) is 5.26 Å². The van der Waals surface area contributed by atoms with Gasteiger partial charge < -0.3 is 4.90 Å². The van der Waals surface area contributed by atoms with Crippen molar-refractivity contribution in [3.05, 3.63) is 36.4 Å². The molecule has 0 aliphatic carbocycles. The van der Waals surface area contributed by atoms with E-state index < -0.39 is 0 Å². The highest BCUT2D eigenvalue weighted by molar-refractivity contribution is 5.83. The molecule has 0 N–H and O–H groups in total. The predicted octanol–water partition coefficient (Wildman–Crippen LogP) is 2.99. The van der Waals surface area contributed by atoms with Crippen LogP contribution in [0.15, 0.2) is 30.9 Å². The van der Waals surface area contributed by atoms with Crippen molar-refractivity contribution in [2.45, 2.75) is 25.7 Å². The van der Waals surface area contributed by atoms with Gasteiger partial charge in [0.05, 0.1) is 23.6 Å². The second-order valence-corrected chi connectivity index (χ2v) is 6.19. The fraction of sp³-hybridized carbons (Fsp3) is 0.389. The summed E-state index contributed by atoms with van der Waals surface area (Å²) in [5.74, 6) is 0. The van der Waals surface area contributed by atoms with E-state index in [0.717, 1.165) is 54.7 Å². The van der Waals surface area contributed by atoms with Gasteiger partial charge in [-0.05, 0) is 18.9 Å². The van der Waals surface area contributed by atoms with Crippen molar-refractivity contribution < 1.29 is 1.37 Å². The van der Waals surface area contributed by atoms with Crippen LogP contribution in [0, 0.1) is 11.3 Å². The van der Waals surface area contributed by atoms with Crippen LogP contribution >= 0.6 is 0 Å². The van der Waals surface area contributed by atoms with E-state index in [9.17, 15) is 5.26 Å². The fourth-order valence-corrected chi connectivity index (χ4v) is 3.32.